The summed E-state index contributed by atoms with van der Waals surface area (Å²) in [6.45, 7) is 1.81. The van der Waals surface area contributed by atoms with E-state index in [4.69, 9.17) is 21.4 Å². The quantitative estimate of drug-likeness (QED) is 0.639. The standard InChI is InChI=1S/C12H13ClN2O5/c13-10-4-8(15(18)19)3-9(12(16)17)11(10)14-5-7-1-2-20-6-7/h3-4,7,14H,1-2,5-6H2,(H,16,17). The first kappa shape index (κ1) is 14.5. The zero-order valence-corrected chi connectivity index (χ0v) is 11.2. The molecule has 1 unspecified atom stereocenters. The number of halogens is 1. The van der Waals surface area contributed by atoms with Gasteiger partial charge in [0.2, 0.25) is 0 Å². The van der Waals surface area contributed by atoms with Gasteiger partial charge in [-0.1, -0.05) is 11.6 Å². The number of ether oxygens (including phenoxy) is 1. The van der Waals surface area contributed by atoms with E-state index in [1.807, 2.05) is 0 Å². The zero-order valence-electron chi connectivity index (χ0n) is 10.5. The van der Waals surface area contributed by atoms with Crippen LogP contribution in [0.3, 0.4) is 0 Å². The fourth-order valence-corrected chi connectivity index (χ4v) is 2.32. The summed E-state index contributed by atoms with van der Waals surface area (Å²) in [6, 6.07) is 2.14. The van der Waals surface area contributed by atoms with Gasteiger partial charge < -0.3 is 15.2 Å². The van der Waals surface area contributed by atoms with Crippen LogP contribution in [0.1, 0.15) is 16.8 Å². The summed E-state index contributed by atoms with van der Waals surface area (Å²) in [7, 11) is 0. The average molecular weight is 301 g/mol. The third-order valence-corrected chi connectivity index (χ3v) is 3.41. The topological polar surface area (TPSA) is 102 Å². The summed E-state index contributed by atoms with van der Waals surface area (Å²) in [5.74, 6) is -0.983. The fourth-order valence-electron chi connectivity index (χ4n) is 2.04. The Hall–Kier alpha value is -1.86. The Bertz CT molecular complexity index is 543. The van der Waals surface area contributed by atoms with Crippen LogP contribution in [-0.2, 0) is 4.74 Å². The number of carboxylic acids is 1. The van der Waals surface area contributed by atoms with Gasteiger partial charge in [-0.3, -0.25) is 10.1 Å². The number of carboxylic acid groups (broad SMARTS) is 1. The van der Waals surface area contributed by atoms with Crippen molar-refractivity contribution in [1.29, 1.82) is 0 Å². The first-order valence-corrected chi connectivity index (χ1v) is 6.39. The highest BCUT2D eigenvalue weighted by atomic mass is 35.5. The van der Waals surface area contributed by atoms with E-state index in [-0.39, 0.29) is 27.9 Å². The van der Waals surface area contributed by atoms with Gasteiger partial charge in [-0.15, -0.1) is 0 Å². The van der Waals surface area contributed by atoms with Crippen LogP contribution >= 0.6 is 11.6 Å². The van der Waals surface area contributed by atoms with Crippen molar-refractivity contribution in [3.05, 3.63) is 32.8 Å². The predicted molar refractivity (Wildman–Crippen MR) is 72.5 cm³/mol. The molecule has 0 radical (unpaired) electrons. The molecule has 1 aliphatic heterocycles. The summed E-state index contributed by atoms with van der Waals surface area (Å²) < 4.78 is 5.23. The number of nitro benzene ring substituents is 1. The molecule has 0 spiro atoms. The Balaban J connectivity index is 2.25. The van der Waals surface area contributed by atoms with Crippen molar-refractivity contribution in [2.24, 2.45) is 5.92 Å². The van der Waals surface area contributed by atoms with Crippen LogP contribution < -0.4 is 5.32 Å². The lowest BCUT2D eigenvalue weighted by Crippen LogP contribution is -2.16. The highest BCUT2D eigenvalue weighted by Gasteiger charge is 2.22. The lowest BCUT2D eigenvalue weighted by Gasteiger charge is -2.14. The second kappa shape index (κ2) is 6.06. The van der Waals surface area contributed by atoms with Gasteiger partial charge in [-0.2, -0.15) is 0 Å². The van der Waals surface area contributed by atoms with E-state index in [0.717, 1.165) is 18.6 Å². The van der Waals surface area contributed by atoms with Crippen LogP contribution in [0.2, 0.25) is 5.02 Å². The molecule has 0 amide bonds. The Kier molecular flexibility index (Phi) is 4.41. The third kappa shape index (κ3) is 3.17. The Morgan fingerprint density at radius 3 is 2.90 bits per heavy atom. The van der Waals surface area contributed by atoms with E-state index in [9.17, 15) is 14.9 Å². The molecule has 0 aliphatic carbocycles. The summed E-state index contributed by atoms with van der Waals surface area (Å²) >= 11 is 5.95. The predicted octanol–water partition coefficient (Wildman–Crippen LogP) is 2.39. The molecule has 2 rings (SSSR count). The average Bonchev–Trinajstić information content (AvgIpc) is 2.89. The molecule has 0 bridgehead atoms. The van der Waals surface area contributed by atoms with Crippen molar-refractivity contribution in [2.45, 2.75) is 6.42 Å². The van der Waals surface area contributed by atoms with Crippen molar-refractivity contribution < 1.29 is 19.6 Å². The first-order chi connectivity index (χ1) is 9.49. The molecule has 0 saturated carbocycles. The van der Waals surface area contributed by atoms with Gasteiger partial charge in [0.15, 0.2) is 0 Å². The Labute approximate surface area is 119 Å². The van der Waals surface area contributed by atoms with Crippen molar-refractivity contribution >= 4 is 28.9 Å². The van der Waals surface area contributed by atoms with E-state index in [1.165, 1.54) is 0 Å². The van der Waals surface area contributed by atoms with Gasteiger partial charge in [0.1, 0.15) is 0 Å². The summed E-state index contributed by atoms with van der Waals surface area (Å²) in [5.41, 5.74) is -0.345. The summed E-state index contributed by atoms with van der Waals surface area (Å²) in [6.07, 6.45) is 0.889. The minimum atomic E-state index is -1.26. The number of aromatic carboxylic acids is 1. The van der Waals surface area contributed by atoms with Gasteiger partial charge in [-0.05, 0) is 6.42 Å². The molecule has 8 heteroatoms. The number of hydrogen-bond acceptors (Lipinski definition) is 5. The molecule has 1 atom stereocenters. The molecule has 1 heterocycles. The largest absolute Gasteiger partial charge is 0.478 e. The lowest BCUT2D eigenvalue weighted by molar-refractivity contribution is -0.384. The molecule has 0 aromatic heterocycles. The highest BCUT2D eigenvalue weighted by molar-refractivity contribution is 6.34. The monoisotopic (exact) mass is 300 g/mol. The second-order valence-electron chi connectivity index (χ2n) is 4.52. The molecular weight excluding hydrogens is 288 g/mol. The smallest absolute Gasteiger partial charge is 0.338 e. The summed E-state index contributed by atoms with van der Waals surface area (Å²) in [4.78, 5) is 21.2. The molecule has 20 heavy (non-hydrogen) atoms. The van der Waals surface area contributed by atoms with Gasteiger partial charge in [-0.25, -0.2) is 4.79 Å². The number of hydrogen-bond donors (Lipinski definition) is 2. The third-order valence-electron chi connectivity index (χ3n) is 3.11. The van der Waals surface area contributed by atoms with E-state index >= 15 is 0 Å². The number of nitrogens with zero attached hydrogens (tertiary/aromatic N) is 1. The number of nitrogens with one attached hydrogen (secondary N) is 1. The van der Waals surface area contributed by atoms with Crippen LogP contribution in [0.15, 0.2) is 12.1 Å². The number of carbonyl (C=O) groups is 1. The fraction of sp³-hybridized carbons (Fsp3) is 0.417. The molecule has 1 aromatic rings. The van der Waals surface area contributed by atoms with Crippen LogP contribution in [0, 0.1) is 16.0 Å². The molecule has 1 fully saturated rings. The van der Waals surface area contributed by atoms with Crippen molar-refractivity contribution in [3.63, 3.8) is 0 Å². The second-order valence-corrected chi connectivity index (χ2v) is 4.93. The Morgan fingerprint density at radius 2 is 2.35 bits per heavy atom. The van der Waals surface area contributed by atoms with E-state index < -0.39 is 10.9 Å². The maximum atomic E-state index is 11.2. The number of anilines is 1. The van der Waals surface area contributed by atoms with Gasteiger partial charge >= 0.3 is 5.97 Å². The number of non-ortho nitro benzene ring substituents is 1. The number of benzene rings is 1. The van der Waals surface area contributed by atoms with Crippen molar-refractivity contribution in [2.75, 3.05) is 25.1 Å². The molecule has 1 saturated heterocycles. The van der Waals surface area contributed by atoms with Crippen LogP contribution in [0.25, 0.3) is 0 Å². The van der Waals surface area contributed by atoms with Crippen molar-refractivity contribution in [1.82, 2.24) is 0 Å². The zero-order chi connectivity index (χ0) is 14.7. The molecule has 7 nitrogen and oxygen atoms in total. The lowest BCUT2D eigenvalue weighted by atomic mass is 10.1. The van der Waals surface area contributed by atoms with E-state index in [0.29, 0.717) is 19.8 Å². The maximum absolute atomic E-state index is 11.2. The maximum Gasteiger partial charge on any atom is 0.338 e. The minimum absolute atomic E-state index is 0.0236. The minimum Gasteiger partial charge on any atom is -0.478 e. The van der Waals surface area contributed by atoms with Crippen LogP contribution in [0.4, 0.5) is 11.4 Å². The van der Waals surface area contributed by atoms with Crippen LogP contribution in [-0.4, -0.2) is 35.8 Å². The van der Waals surface area contributed by atoms with Gasteiger partial charge in [0.25, 0.3) is 5.69 Å². The number of rotatable bonds is 5. The Morgan fingerprint density at radius 1 is 1.60 bits per heavy atom. The van der Waals surface area contributed by atoms with E-state index in [2.05, 4.69) is 5.32 Å². The molecule has 1 aromatic carbocycles. The first-order valence-electron chi connectivity index (χ1n) is 6.02. The SMILES string of the molecule is O=C(O)c1cc([N+](=O)[O-])cc(Cl)c1NCC1CCOC1. The molecule has 1 aliphatic rings. The van der Waals surface area contributed by atoms with Crippen molar-refractivity contribution in [3.8, 4) is 0 Å². The normalized spacial score (nSPS) is 17.9. The molecular formula is C12H13ClN2O5. The van der Waals surface area contributed by atoms with Crippen LogP contribution in [0.5, 0.6) is 0 Å². The van der Waals surface area contributed by atoms with Gasteiger partial charge in [0, 0.05) is 31.2 Å². The van der Waals surface area contributed by atoms with Gasteiger partial charge in [0.05, 0.1) is 27.8 Å². The number of nitro groups is 1. The summed E-state index contributed by atoms with van der Waals surface area (Å²) in [5, 5.41) is 22.8. The molecule has 108 valence electrons. The molecule has 2 N–H and O–H groups in total. The highest BCUT2D eigenvalue weighted by Crippen LogP contribution is 2.32. The van der Waals surface area contributed by atoms with E-state index in [1.54, 1.807) is 0 Å².